The van der Waals surface area contributed by atoms with E-state index in [1.165, 1.54) is 0 Å². The minimum atomic E-state index is -0.424. The van der Waals surface area contributed by atoms with Crippen LogP contribution in [0.2, 0.25) is 0 Å². The normalized spacial score (nSPS) is 15.2. The number of fused-ring (bicyclic) bond motifs is 1. The molecule has 0 radical (unpaired) electrons. The highest BCUT2D eigenvalue weighted by atomic mass is 32.1. The molecule has 0 unspecified atom stereocenters. The van der Waals surface area contributed by atoms with Crippen molar-refractivity contribution in [1.29, 1.82) is 0 Å². The second-order valence-electron chi connectivity index (χ2n) is 3.15. The van der Waals surface area contributed by atoms with E-state index >= 15 is 0 Å². The lowest BCUT2D eigenvalue weighted by molar-refractivity contribution is 0.249. The molecule has 0 saturated heterocycles. The number of urea groups is 1. The van der Waals surface area contributed by atoms with Gasteiger partial charge in [0.05, 0.1) is 5.70 Å². The van der Waals surface area contributed by atoms with E-state index in [2.05, 4.69) is 16.9 Å². The Morgan fingerprint density at radius 2 is 2.27 bits per heavy atom. The summed E-state index contributed by atoms with van der Waals surface area (Å²) in [5.41, 5.74) is 1.23. The number of rotatable bonds is 1. The van der Waals surface area contributed by atoms with Gasteiger partial charge in [0.25, 0.3) is 0 Å². The first-order chi connectivity index (χ1) is 7.06. The lowest BCUT2D eigenvalue weighted by Gasteiger charge is -2.24. The predicted octanol–water partition coefficient (Wildman–Crippen LogP) is 0.940. The first-order valence-corrected chi connectivity index (χ1v) is 4.85. The summed E-state index contributed by atoms with van der Waals surface area (Å²) in [5.74, 6) is 6.06. The third-order valence-corrected chi connectivity index (χ3v) is 2.61. The molecular formula is C8H11N5OS. The zero-order chi connectivity index (χ0) is 11.2. The Kier molecular flexibility index (Phi) is 2.13. The number of hydrogen-bond acceptors (Lipinski definition) is 3. The topological polar surface area (TPSA) is 79.1 Å². The van der Waals surface area contributed by atoms with Crippen LogP contribution in [0.25, 0.3) is 5.70 Å². The number of aromatic nitrogens is 2. The number of aromatic amines is 1. The third kappa shape index (κ3) is 1.28. The van der Waals surface area contributed by atoms with Crippen LogP contribution in [-0.2, 0) is 6.54 Å². The summed E-state index contributed by atoms with van der Waals surface area (Å²) in [5, 5.41) is 3.55. The van der Waals surface area contributed by atoms with Gasteiger partial charge in [-0.25, -0.2) is 15.6 Å². The molecule has 1 aromatic heterocycles. The summed E-state index contributed by atoms with van der Waals surface area (Å²) in [7, 11) is 0. The number of carbonyl (C=O) groups excluding carboxylic acids is 1. The first kappa shape index (κ1) is 9.94. The molecule has 80 valence electrons. The largest absolute Gasteiger partial charge is 0.342 e. The van der Waals surface area contributed by atoms with Crippen molar-refractivity contribution in [2.45, 2.75) is 13.5 Å². The number of imidazole rings is 1. The summed E-state index contributed by atoms with van der Waals surface area (Å²) < 4.78 is 2.35. The molecule has 2 heterocycles. The molecule has 6 nitrogen and oxygen atoms in total. The van der Waals surface area contributed by atoms with Gasteiger partial charge in [-0.2, -0.15) is 0 Å². The maximum Gasteiger partial charge on any atom is 0.342 e. The highest BCUT2D eigenvalue weighted by Gasteiger charge is 2.28. The molecule has 0 saturated carbocycles. The van der Waals surface area contributed by atoms with Gasteiger partial charge in [-0.3, -0.25) is 0 Å². The highest BCUT2D eigenvalue weighted by molar-refractivity contribution is 7.71. The number of H-pyrrole nitrogens is 1. The number of nitrogens with zero attached hydrogens (tertiary/aromatic N) is 2. The fourth-order valence-corrected chi connectivity index (χ4v) is 1.91. The van der Waals surface area contributed by atoms with Gasteiger partial charge in [0, 0.05) is 6.54 Å². The number of nitrogens with one attached hydrogen (secondary N) is 2. The standard InChI is InChI=1S/C8H11N5OS/c1-3-12-5-4(2)10-7(14)13(9)6(5)11-8(12)15/h2-3,9H2,1H3,(H,10,14)(H,11,15). The molecule has 0 atom stereocenters. The Balaban J connectivity index is 2.71. The van der Waals surface area contributed by atoms with Crippen LogP contribution in [-0.4, -0.2) is 15.6 Å². The maximum absolute atomic E-state index is 11.3. The van der Waals surface area contributed by atoms with Crippen molar-refractivity contribution in [1.82, 2.24) is 14.9 Å². The van der Waals surface area contributed by atoms with Crippen molar-refractivity contribution in [2.75, 3.05) is 5.01 Å². The van der Waals surface area contributed by atoms with Crippen LogP contribution in [0.1, 0.15) is 12.6 Å². The van der Waals surface area contributed by atoms with Gasteiger partial charge in [-0.15, -0.1) is 0 Å². The molecule has 0 bridgehead atoms. The minimum Gasteiger partial charge on any atom is -0.315 e. The highest BCUT2D eigenvalue weighted by Crippen LogP contribution is 2.26. The number of amides is 2. The second-order valence-corrected chi connectivity index (χ2v) is 3.54. The summed E-state index contributed by atoms with van der Waals surface area (Å²) in [4.78, 5) is 14.2. The third-order valence-electron chi connectivity index (χ3n) is 2.28. The fraction of sp³-hybridized carbons (Fsp3) is 0.250. The number of anilines is 1. The van der Waals surface area contributed by atoms with E-state index in [1.54, 1.807) is 0 Å². The fourth-order valence-electron chi connectivity index (χ4n) is 1.59. The molecule has 0 spiro atoms. The van der Waals surface area contributed by atoms with Crippen molar-refractivity contribution in [3.05, 3.63) is 17.0 Å². The van der Waals surface area contributed by atoms with Gasteiger partial charge in [0.15, 0.2) is 10.6 Å². The molecule has 0 aliphatic carbocycles. The Morgan fingerprint density at radius 1 is 1.60 bits per heavy atom. The zero-order valence-corrected chi connectivity index (χ0v) is 9.02. The van der Waals surface area contributed by atoms with E-state index in [4.69, 9.17) is 18.1 Å². The van der Waals surface area contributed by atoms with Gasteiger partial charge in [-0.05, 0) is 19.1 Å². The molecule has 15 heavy (non-hydrogen) atoms. The van der Waals surface area contributed by atoms with Crippen LogP contribution in [0.3, 0.4) is 0 Å². The van der Waals surface area contributed by atoms with Crippen molar-refractivity contribution < 1.29 is 4.79 Å². The van der Waals surface area contributed by atoms with Crippen molar-refractivity contribution in [3.8, 4) is 0 Å². The number of carbonyl (C=O) groups is 1. The molecule has 0 aromatic carbocycles. The molecule has 2 rings (SSSR count). The molecule has 1 aliphatic heterocycles. The van der Waals surface area contributed by atoms with E-state index in [1.807, 2.05) is 11.5 Å². The zero-order valence-electron chi connectivity index (χ0n) is 8.20. The van der Waals surface area contributed by atoms with Gasteiger partial charge in [0.2, 0.25) is 0 Å². The van der Waals surface area contributed by atoms with Crippen LogP contribution in [0.5, 0.6) is 0 Å². The van der Waals surface area contributed by atoms with E-state index in [0.29, 0.717) is 22.8 Å². The number of nitrogens with two attached hydrogens (primary N) is 1. The maximum atomic E-state index is 11.3. The van der Waals surface area contributed by atoms with E-state index in [9.17, 15) is 4.79 Å². The van der Waals surface area contributed by atoms with Crippen molar-refractivity contribution in [3.63, 3.8) is 0 Å². The SMILES string of the molecule is C=C1NC(=O)N(N)c2[nH]c(=S)n(CC)c21. The molecule has 2 amide bonds. The average Bonchev–Trinajstić information content (AvgIpc) is 2.52. The Labute approximate surface area is 91.3 Å². The predicted molar refractivity (Wildman–Crippen MR) is 59.5 cm³/mol. The van der Waals surface area contributed by atoms with Gasteiger partial charge >= 0.3 is 6.03 Å². The van der Waals surface area contributed by atoms with E-state index in [-0.39, 0.29) is 0 Å². The molecule has 0 fully saturated rings. The molecular weight excluding hydrogens is 214 g/mol. The summed E-state index contributed by atoms with van der Waals surface area (Å²) in [6.45, 7) is 6.40. The number of hydrazine groups is 1. The summed E-state index contributed by atoms with van der Waals surface area (Å²) in [6.07, 6.45) is 0. The van der Waals surface area contributed by atoms with Gasteiger partial charge in [-0.1, -0.05) is 6.58 Å². The summed E-state index contributed by atoms with van der Waals surface area (Å²) >= 11 is 5.11. The van der Waals surface area contributed by atoms with Crippen LogP contribution in [0.4, 0.5) is 10.6 Å². The molecule has 7 heteroatoms. The molecule has 4 N–H and O–H groups in total. The minimum absolute atomic E-state index is 0.424. The first-order valence-electron chi connectivity index (χ1n) is 4.44. The lowest BCUT2D eigenvalue weighted by Crippen LogP contribution is -2.48. The Morgan fingerprint density at radius 3 is 2.87 bits per heavy atom. The Hall–Kier alpha value is -1.60. The smallest absolute Gasteiger partial charge is 0.315 e. The monoisotopic (exact) mass is 225 g/mol. The van der Waals surface area contributed by atoms with Crippen LogP contribution < -0.4 is 16.2 Å². The Bertz CT molecular complexity index is 500. The molecule has 1 aromatic rings. The lowest BCUT2D eigenvalue weighted by atomic mass is 10.3. The van der Waals surface area contributed by atoms with E-state index in [0.717, 1.165) is 10.7 Å². The second kappa shape index (κ2) is 3.21. The van der Waals surface area contributed by atoms with Gasteiger partial charge in [0.1, 0.15) is 5.69 Å². The molecule has 1 aliphatic rings. The van der Waals surface area contributed by atoms with Crippen molar-refractivity contribution >= 4 is 29.8 Å². The van der Waals surface area contributed by atoms with Crippen LogP contribution in [0.15, 0.2) is 6.58 Å². The van der Waals surface area contributed by atoms with Gasteiger partial charge < -0.3 is 14.9 Å². The van der Waals surface area contributed by atoms with Crippen LogP contribution in [0, 0.1) is 4.77 Å². The quantitative estimate of drug-likeness (QED) is 0.378. The van der Waals surface area contributed by atoms with E-state index < -0.39 is 6.03 Å². The van der Waals surface area contributed by atoms with Crippen LogP contribution >= 0.6 is 12.2 Å². The summed E-state index contributed by atoms with van der Waals surface area (Å²) in [6, 6.07) is -0.424. The number of hydrogen-bond donors (Lipinski definition) is 3. The average molecular weight is 225 g/mol. The van der Waals surface area contributed by atoms with Crippen molar-refractivity contribution in [2.24, 2.45) is 5.84 Å².